The van der Waals surface area contributed by atoms with E-state index in [4.69, 9.17) is 4.74 Å². The molecule has 1 aromatic carbocycles. The average Bonchev–Trinajstić information content (AvgIpc) is 2.28. The number of aryl methyl sites for hydroxylation is 1. The Bertz CT molecular complexity index is 383. The van der Waals surface area contributed by atoms with Gasteiger partial charge < -0.3 is 9.53 Å². The van der Waals surface area contributed by atoms with Gasteiger partial charge in [-0.05, 0) is 31.4 Å². The lowest BCUT2D eigenvalue weighted by Gasteiger charge is -2.09. The molecular weight excluding hydrogens is 204 g/mol. The predicted molar refractivity (Wildman–Crippen MR) is 62.0 cm³/mol. The Hall–Kier alpha value is -1.64. The maximum absolute atomic E-state index is 10.8. The van der Waals surface area contributed by atoms with E-state index in [0.29, 0.717) is 17.7 Å². The first-order valence-corrected chi connectivity index (χ1v) is 5.29. The van der Waals surface area contributed by atoms with Gasteiger partial charge >= 0.3 is 0 Å². The summed E-state index contributed by atoms with van der Waals surface area (Å²) in [4.78, 5) is 21.6. The van der Waals surface area contributed by atoms with Crippen LogP contribution < -0.4 is 4.74 Å². The minimum absolute atomic E-state index is 0.186. The standard InChI is InChI=1S/C13H16O3/c1-10(15)5-3-6-11-7-4-8-12(9-14)13(11)16-2/h4,7-9H,3,5-6H2,1-2H3. The van der Waals surface area contributed by atoms with Crippen molar-refractivity contribution in [2.24, 2.45) is 0 Å². The van der Waals surface area contributed by atoms with Crippen LogP contribution in [0, 0.1) is 0 Å². The van der Waals surface area contributed by atoms with Gasteiger partial charge in [-0.3, -0.25) is 4.79 Å². The van der Waals surface area contributed by atoms with Crippen LogP contribution >= 0.6 is 0 Å². The van der Waals surface area contributed by atoms with E-state index in [1.54, 1.807) is 20.1 Å². The molecule has 1 rings (SSSR count). The van der Waals surface area contributed by atoms with Gasteiger partial charge in [0.25, 0.3) is 0 Å². The fourth-order valence-corrected chi connectivity index (χ4v) is 1.67. The highest BCUT2D eigenvalue weighted by Crippen LogP contribution is 2.23. The van der Waals surface area contributed by atoms with Crippen molar-refractivity contribution in [3.8, 4) is 5.75 Å². The minimum Gasteiger partial charge on any atom is -0.496 e. The number of ether oxygens (including phenoxy) is 1. The van der Waals surface area contributed by atoms with Crippen molar-refractivity contribution < 1.29 is 14.3 Å². The van der Waals surface area contributed by atoms with Crippen LogP contribution in [0.3, 0.4) is 0 Å². The van der Waals surface area contributed by atoms with Crippen LogP contribution in [0.25, 0.3) is 0 Å². The summed E-state index contributed by atoms with van der Waals surface area (Å²) >= 11 is 0. The van der Waals surface area contributed by atoms with Gasteiger partial charge in [0.05, 0.1) is 12.7 Å². The molecule has 86 valence electrons. The van der Waals surface area contributed by atoms with Gasteiger partial charge in [-0.2, -0.15) is 0 Å². The molecule has 0 saturated heterocycles. The smallest absolute Gasteiger partial charge is 0.153 e. The molecule has 0 atom stereocenters. The van der Waals surface area contributed by atoms with Crippen molar-refractivity contribution in [2.45, 2.75) is 26.2 Å². The van der Waals surface area contributed by atoms with E-state index in [1.807, 2.05) is 12.1 Å². The van der Waals surface area contributed by atoms with E-state index in [-0.39, 0.29) is 5.78 Å². The Balaban J connectivity index is 2.78. The molecule has 0 fully saturated rings. The van der Waals surface area contributed by atoms with Gasteiger partial charge in [-0.1, -0.05) is 12.1 Å². The van der Waals surface area contributed by atoms with Crippen LogP contribution in [0.5, 0.6) is 5.75 Å². The van der Waals surface area contributed by atoms with Crippen molar-refractivity contribution >= 4 is 12.1 Å². The van der Waals surface area contributed by atoms with Crippen molar-refractivity contribution in [2.75, 3.05) is 7.11 Å². The summed E-state index contributed by atoms with van der Waals surface area (Å²) in [5.41, 5.74) is 1.54. The second-order valence-corrected chi connectivity index (χ2v) is 3.71. The summed E-state index contributed by atoms with van der Waals surface area (Å²) in [6.45, 7) is 1.58. The molecule has 0 aliphatic rings. The zero-order valence-electron chi connectivity index (χ0n) is 9.66. The monoisotopic (exact) mass is 220 g/mol. The number of methoxy groups -OCH3 is 1. The van der Waals surface area contributed by atoms with E-state index in [0.717, 1.165) is 24.7 Å². The number of carbonyl (C=O) groups excluding carboxylic acids is 2. The fraction of sp³-hybridized carbons (Fsp3) is 0.385. The summed E-state index contributed by atoms with van der Waals surface area (Å²) < 4.78 is 5.21. The number of carbonyl (C=O) groups is 2. The molecule has 1 aromatic rings. The highest BCUT2D eigenvalue weighted by Gasteiger charge is 2.08. The molecule has 0 aromatic heterocycles. The molecule has 0 heterocycles. The number of rotatable bonds is 6. The average molecular weight is 220 g/mol. The molecule has 16 heavy (non-hydrogen) atoms. The molecule has 0 radical (unpaired) electrons. The van der Waals surface area contributed by atoms with Crippen LogP contribution in [0.1, 0.15) is 35.7 Å². The lowest BCUT2D eigenvalue weighted by molar-refractivity contribution is -0.117. The SMILES string of the molecule is COc1c(C=O)cccc1CCCC(C)=O. The van der Waals surface area contributed by atoms with Gasteiger partial charge in [0, 0.05) is 6.42 Å². The second kappa shape index (κ2) is 6.05. The van der Waals surface area contributed by atoms with Crippen molar-refractivity contribution in [1.82, 2.24) is 0 Å². The van der Waals surface area contributed by atoms with E-state index >= 15 is 0 Å². The summed E-state index contributed by atoms with van der Waals surface area (Å²) in [7, 11) is 1.55. The van der Waals surface area contributed by atoms with E-state index in [9.17, 15) is 9.59 Å². The van der Waals surface area contributed by atoms with Crippen molar-refractivity contribution in [1.29, 1.82) is 0 Å². The fourth-order valence-electron chi connectivity index (χ4n) is 1.67. The maximum atomic E-state index is 10.8. The zero-order chi connectivity index (χ0) is 12.0. The molecule has 3 nitrogen and oxygen atoms in total. The third-order valence-electron chi connectivity index (χ3n) is 2.43. The maximum Gasteiger partial charge on any atom is 0.153 e. The molecule has 0 bridgehead atoms. The van der Waals surface area contributed by atoms with Crippen LogP contribution in [-0.2, 0) is 11.2 Å². The van der Waals surface area contributed by atoms with Crippen LogP contribution in [0.15, 0.2) is 18.2 Å². The van der Waals surface area contributed by atoms with Crippen LogP contribution in [-0.4, -0.2) is 19.2 Å². The number of para-hydroxylation sites is 1. The van der Waals surface area contributed by atoms with E-state index in [2.05, 4.69) is 0 Å². The Kier molecular flexibility index (Phi) is 4.70. The molecular formula is C13H16O3. The highest BCUT2D eigenvalue weighted by molar-refractivity contribution is 5.80. The molecule has 0 spiro atoms. The molecule has 0 saturated carbocycles. The summed E-state index contributed by atoms with van der Waals surface area (Å²) in [5.74, 6) is 0.812. The summed E-state index contributed by atoms with van der Waals surface area (Å²) in [5, 5.41) is 0. The first-order valence-electron chi connectivity index (χ1n) is 5.29. The van der Waals surface area contributed by atoms with Crippen LogP contribution in [0.2, 0.25) is 0 Å². The van der Waals surface area contributed by atoms with E-state index < -0.39 is 0 Å². The second-order valence-electron chi connectivity index (χ2n) is 3.71. The van der Waals surface area contributed by atoms with Gasteiger partial charge in [0.2, 0.25) is 0 Å². The Morgan fingerprint density at radius 3 is 2.75 bits per heavy atom. The third kappa shape index (κ3) is 3.19. The highest BCUT2D eigenvalue weighted by atomic mass is 16.5. The Morgan fingerprint density at radius 1 is 1.44 bits per heavy atom. The van der Waals surface area contributed by atoms with Gasteiger partial charge in [0.1, 0.15) is 11.5 Å². The molecule has 3 heteroatoms. The normalized spacial score (nSPS) is 9.88. The minimum atomic E-state index is 0.186. The Labute approximate surface area is 95.4 Å². The third-order valence-corrected chi connectivity index (χ3v) is 2.43. The van der Waals surface area contributed by atoms with Gasteiger partial charge in [0.15, 0.2) is 6.29 Å². The van der Waals surface area contributed by atoms with Crippen LogP contribution in [0.4, 0.5) is 0 Å². The number of hydrogen-bond donors (Lipinski definition) is 0. The van der Waals surface area contributed by atoms with E-state index in [1.165, 1.54) is 0 Å². The van der Waals surface area contributed by atoms with Crippen molar-refractivity contribution in [3.05, 3.63) is 29.3 Å². The number of hydrogen-bond acceptors (Lipinski definition) is 3. The van der Waals surface area contributed by atoms with Gasteiger partial charge in [-0.15, -0.1) is 0 Å². The predicted octanol–water partition coefficient (Wildman–Crippen LogP) is 2.42. The molecule has 0 aliphatic heterocycles. The Morgan fingerprint density at radius 2 is 2.19 bits per heavy atom. The number of ketones is 1. The topological polar surface area (TPSA) is 43.4 Å². The quantitative estimate of drug-likeness (QED) is 0.691. The lowest BCUT2D eigenvalue weighted by Crippen LogP contribution is -1.98. The number of benzene rings is 1. The summed E-state index contributed by atoms with van der Waals surface area (Å²) in [6, 6.07) is 5.47. The molecule has 0 aliphatic carbocycles. The zero-order valence-corrected chi connectivity index (χ0v) is 9.66. The van der Waals surface area contributed by atoms with Crippen molar-refractivity contribution in [3.63, 3.8) is 0 Å². The molecule has 0 amide bonds. The first kappa shape index (κ1) is 12.4. The lowest BCUT2D eigenvalue weighted by atomic mass is 10.0. The molecule has 0 unspecified atom stereocenters. The first-order chi connectivity index (χ1) is 7.69. The number of Topliss-reactive ketones (excluding diaryl/α,β-unsaturated/α-hetero) is 1. The number of aldehydes is 1. The largest absolute Gasteiger partial charge is 0.496 e. The summed E-state index contributed by atoms with van der Waals surface area (Å²) in [6.07, 6.45) is 2.89. The van der Waals surface area contributed by atoms with Gasteiger partial charge in [-0.25, -0.2) is 0 Å². The molecule has 0 N–H and O–H groups in total.